The molecule has 0 aliphatic heterocycles. The zero-order chi connectivity index (χ0) is 15.8. The van der Waals surface area contributed by atoms with Crippen LogP contribution in [0.25, 0.3) is 0 Å². The van der Waals surface area contributed by atoms with Crippen molar-refractivity contribution >= 4 is 11.4 Å². The number of benzene rings is 2. The van der Waals surface area contributed by atoms with E-state index in [4.69, 9.17) is 4.74 Å². The Morgan fingerprint density at radius 1 is 1.05 bits per heavy atom. The first kappa shape index (κ1) is 16.2. The number of anilines is 2. The van der Waals surface area contributed by atoms with Gasteiger partial charge in [-0.2, -0.15) is 0 Å². The van der Waals surface area contributed by atoms with E-state index in [-0.39, 0.29) is 0 Å². The summed E-state index contributed by atoms with van der Waals surface area (Å²) < 4.78 is 5.75. The minimum Gasteiger partial charge on any atom is -0.494 e. The average molecular weight is 298 g/mol. The molecule has 0 unspecified atom stereocenters. The molecule has 3 nitrogen and oxygen atoms in total. The number of unbranched alkanes of at least 4 members (excludes halogenated alkanes) is 1. The molecule has 0 atom stereocenters. The van der Waals surface area contributed by atoms with Crippen LogP contribution in [0.15, 0.2) is 48.5 Å². The monoisotopic (exact) mass is 298 g/mol. The average Bonchev–Trinajstić information content (AvgIpc) is 2.54. The van der Waals surface area contributed by atoms with Crippen molar-refractivity contribution in [2.45, 2.75) is 26.3 Å². The van der Waals surface area contributed by atoms with Crippen molar-refractivity contribution in [2.24, 2.45) is 0 Å². The molecule has 0 amide bonds. The Bertz CT molecular complexity index is 564. The summed E-state index contributed by atoms with van der Waals surface area (Å²) in [6.07, 6.45) is 2.25. The third kappa shape index (κ3) is 4.99. The third-order valence-corrected chi connectivity index (χ3v) is 3.55. The maximum atomic E-state index is 5.75. The predicted octanol–water partition coefficient (Wildman–Crippen LogP) is 4.54. The molecular weight excluding hydrogens is 272 g/mol. The first-order valence-electron chi connectivity index (χ1n) is 7.92. The van der Waals surface area contributed by atoms with Crippen LogP contribution in [0.3, 0.4) is 0 Å². The van der Waals surface area contributed by atoms with E-state index < -0.39 is 0 Å². The lowest BCUT2D eigenvalue weighted by atomic mass is 10.2. The first-order valence-corrected chi connectivity index (χ1v) is 7.92. The van der Waals surface area contributed by atoms with Crippen molar-refractivity contribution in [3.63, 3.8) is 0 Å². The van der Waals surface area contributed by atoms with Gasteiger partial charge >= 0.3 is 0 Å². The fourth-order valence-corrected chi connectivity index (χ4v) is 2.16. The summed E-state index contributed by atoms with van der Waals surface area (Å²) in [7, 11) is 4.10. The Balaban J connectivity index is 1.89. The van der Waals surface area contributed by atoms with Crippen LogP contribution in [0, 0.1) is 0 Å². The highest BCUT2D eigenvalue weighted by Gasteiger charge is 1.99. The fraction of sp³-hybridized carbons (Fsp3) is 0.368. The number of nitrogens with zero attached hydrogens (tertiary/aromatic N) is 1. The summed E-state index contributed by atoms with van der Waals surface area (Å²) in [6, 6.07) is 16.7. The van der Waals surface area contributed by atoms with Gasteiger partial charge in [0, 0.05) is 32.0 Å². The van der Waals surface area contributed by atoms with Crippen LogP contribution in [-0.2, 0) is 6.54 Å². The van der Waals surface area contributed by atoms with Gasteiger partial charge in [0.1, 0.15) is 5.75 Å². The van der Waals surface area contributed by atoms with Crippen molar-refractivity contribution in [2.75, 3.05) is 30.9 Å². The van der Waals surface area contributed by atoms with Gasteiger partial charge in [-0.3, -0.25) is 0 Å². The summed E-state index contributed by atoms with van der Waals surface area (Å²) >= 11 is 0. The Labute approximate surface area is 133 Å². The zero-order valence-electron chi connectivity index (χ0n) is 13.8. The maximum absolute atomic E-state index is 5.75. The minimum absolute atomic E-state index is 0.791. The normalized spacial score (nSPS) is 10.3. The van der Waals surface area contributed by atoms with Crippen molar-refractivity contribution in [1.29, 1.82) is 0 Å². The number of nitrogens with one attached hydrogen (secondary N) is 1. The molecule has 0 saturated heterocycles. The molecule has 2 rings (SSSR count). The molecule has 0 heterocycles. The van der Waals surface area contributed by atoms with Gasteiger partial charge in [-0.15, -0.1) is 0 Å². The summed E-state index contributed by atoms with van der Waals surface area (Å²) in [5.41, 5.74) is 3.56. The van der Waals surface area contributed by atoms with Crippen LogP contribution >= 0.6 is 0 Å². The zero-order valence-corrected chi connectivity index (χ0v) is 13.8. The van der Waals surface area contributed by atoms with Crippen molar-refractivity contribution in [1.82, 2.24) is 0 Å². The summed E-state index contributed by atoms with van der Waals surface area (Å²) in [4.78, 5) is 2.10. The second-order valence-corrected chi connectivity index (χ2v) is 5.64. The lowest BCUT2D eigenvalue weighted by Gasteiger charge is -2.13. The smallest absolute Gasteiger partial charge is 0.119 e. The number of hydrogen-bond acceptors (Lipinski definition) is 3. The van der Waals surface area contributed by atoms with Gasteiger partial charge in [-0.25, -0.2) is 0 Å². The topological polar surface area (TPSA) is 24.5 Å². The van der Waals surface area contributed by atoms with Crippen molar-refractivity contribution in [3.05, 3.63) is 54.1 Å². The van der Waals surface area contributed by atoms with Gasteiger partial charge in [0.05, 0.1) is 6.61 Å². The standard InChI is InChI=1S/C19H26N2O/c1-4-5-13-22-19-8-6-7-16(14-19)15-20-17-9-11-18(12-10-17)21(2)3/h6-12,14,20H,4-5,13,15H2,1-3H3. The molecule has 0 aliphatic carbocycles. The largest absolute Gasteiger partial charge is 0.494 e. The van der Waals surface area contributed by atoms with E-state index in [2.05, 4.69) is 53.5 Å². The molecule has 0 aromatic heterocycles. The number of rotatable bonds is 8. The summed E-state index contributed by atoms with van der Waals surface area (Å²) in [5.74, 6) is 0.954. The van der Waals surface area contributed by atoms with E-state index >= 15 is 0 Å². The van der Waals surface area contributed by atoms with Crippen LogP contribution < -0.4 is 15.0 Å². The molecule has 118 valence electrons. The summed E-state index contributed by atoms with van der Waals surface area (Å²) in [5, 5.41) is 3.45. The van der Waals surface area contributed by atoms with Crippen LogP contribution in [0.5, 0.6) is 5.75 Å². The van der Waals surface area contributed by atoms with Gasteiger partial charge in [-0.1, -0.05) is 25.5 Å². The van der Waals surface area contributed by atoms with E-state index in [9.17, 15) is 0 Å². The lowest BCUT2D eigenvalue weighted by molar-refractivity contribution is 0.309. The van der Waals surface area contributed by atoms with Crippen LogP contribution in [-0.4, -0.2) is 20.7 Å². The van der Waals surface area contributed by atoms with Gasteiger partial charge in [0.15, 0.2) is 0 Å². The third-order valence-electron chi connectivity index (χ3n) is 3.55. The van der Waals surface area contributed by atoms with E-state index in [0.717, 1.165) is 37.4 Å². The number of ether oxygens (including phenoxy) is 1. The molecule has 3 heteroatoms. The fourth-order valence-electron chi connectivity index (χ4n) is 2.16. The summed E-state index contributed by atoms with van der Waals surface area (Å²) in [6.45, 7) is 3.76. The van der Waals surface area contributed by atoms with Gasteiger partial charge in [-0.05, 0) is 48.4 Å². The number of hydrogen-bond donors (Lipinski definition) is 1. The SMILES string of the molecule is CCCCOc1cccc(CNc2ccc(N(C)C)cc2)c1. The maximum Gasteiger partial charge on any atom is 0.119 e. The van der Waals surface area contributed by atoms with Gasteiger partial charge in [0.2, 0.25) is 0 Å². The highest BCUT2D eigenvalue weighted by Crippen LogP contribution is 2.18. The molecule has 0 bridgehead atoms. The molecular formula is C19H26N2O. The molecule has 0 spiro atoms. The quantitative estimate of drug-likeness (QED) is 0.724. The van der Waals surface area contributed by atoms with Crippen LogP contribution in [0.1, 0.15) is 25.3 Å². The molecule has 22 heavy (non-hydrogen) atoms. The molecule has 2 aromatic rings. The highest BCUT2D eigenvalue weighted by atomic mass is 16.5. The molecule has 0 radical (unpaired) electrons. The van der Waals surface area contributed by atoms with E-state index in [0.29, 0.717) is 0 Å². The Morgan fingerprint density at radius 3 is 2.50 bits per heavy atom. The lowest BCUT2D eigenvalue weighted by Crippen LogP contribution is -2.08. The van der Waals surface area contributed by atoms with E-state index in [1.54, 1.807) is 0 Å². The highest BCUT2D eigenvalue weighted by molar-refractivity contribution is 5.54. The Hall–Kier alpha value is -2.16. The Morgan fingerprint density at radius 2 is 1.82 bits per heavy atom. The van der Waals surface area contributed by atoms with Gasteiger partial charge in [0.25, 0.3) is 0 Å². The van der Waals surface area contributed by atoms with Crippen molar-refractivity contribution in [3.8, 4) is 5.75 Å². The van der Waals surface area contributed by atoms with Gasteiger partial charge < -0.3 is 15.0 Å². The predicted molar refractivity (Wildman–Crippen MR) is 94.9 cm³/mol. The van der Waals surface area contributed by atoms with Crippen LogP contribution in [0.4, 0.5) is 11.4 Å². The van der Waals surface area contributed by atoms with Crippen LogP contribution in [0.2, 0.25) is 0 Å². The first-order chi connectivity index (χ1) is 10.7. The molecule has 1 N–H and O–H groups in total. The second kappa shape index (κ2) is 8.32. The Kier molecular flexibility index (Phi) is 6.13. The second-order valence-electron chi connectivity index (χ2n) is 5.64. The minimum atomic E-state index is 0.791. The van der Waals surface area contributed by atoms with E-state index in [1.165, 1.54) is 11.3 Å². The molecule has 2 aromatic carbocycles. The molecule has 0 saturated carbocycles. The van der Waals surface area contributed by atoms with Crippen molar-refractivity contribution < 1.29 is 4.74 Å². The van der Waals surface area contributed by atoms with E-state index in [1.807, 2.05) is 26.2 Å². The molecule has 0 fully saturated rings. The molecule has 0 aliphatic rings.